The highest BCUT2D eigenvalue weighted by atomic mass is 16.6. The second kappa shape index (κ2) is 7.98. The van der Waals surface area contributed by atoms with Gasteiger partial charge in [-0.3, -0.25) is 9.78 Å². The molecule has 1 aromatic carbocycles. The van der Waals surface area contributed by atoms with Gasteiger partial charge in [0.1, 0.15) is 13.2 Å². The molecule has 1 amide bonds. The van der Waals surface area contributed by atoms with Gasteiger partial charge in [0.05, 0.1) is 11.3 Å². The molecule has 0 spiro atoms. The Morgan fingerprint density at radius 3 is 2.93 bits per heavy atom. The minimum atomic E-state index is -0.158. The third-order valence-corrected chi connectivity index (χ3v) is 5.22. The number of anilines is 1. The van der Waals surface area contributed by atoms with Crippen molar-refractivity contribution in [1.29, 1.82) is 0 Å². The number of nitrogens with one attached hydrogen (secondary N) is 1. The van der Waals surface area contributed by atoms with Gasteiger partial charge >= 0.3 is 0 Å². The lowest BCUT2D eigenvalue weighted by Gasteiger charge is -2.21. The summed E-state index contributed by atoms with van der Waals surface area (Å²) < 4.78 is 11.2. The Morgan fingerprint density at radius 2 is 2.03 bits per heavy atom. The average molecular weight is 403 g/mol. The summed E-state index contributed by atoms with van der Waals surface area (Å²) in [6.45, 7) is 2.36. The Morgan fingerprint density at radius 1 is 1.10 bits per heavy atom. The minimum absolute atomic E-state index is 0.00325. The maximum Gasteiger partial charge on any atom is 0.255 e. The Kier molecular flexibility index (Phi) is 4.88. The average Bonchev–Trinajstić information content (AvgIpc) is 3.28. The van der Waals surface area contributed by atoms with E-state index in [0.717, 1.165) is 24.2 Å². The summed E-state index contributed by atoms with van der Waals surface area (Å²) in [5.41, 5.74) is 2.27. The monoisotopic (exact) mass is 403 g/mol. The highest BCUT2D eigenvalue weighted by Gasteiger charge is 2.28. The molecule has 30 heavy (non-hydrogen) atoms. The van der Waals surface area contributed by atoms with Gasteiger partial charge in [-0.15, -0.1) is 0 Å². The van der Waals surface area contributed by atoms with Crippen LogP contribution in [0.1, 0.15) is 16.8 Å². The van der Waals surface area contributed by atoms with Crippen LogP contribution in [0.4, 0.5) is 5.95 Å². The van der Waals surface area contributed by atoms with Gasteiger partial charge in [-0.25, -0.2) is 9.97 Å². The van der Waals surface area contributed by atoms with Crippen LogP contribution < -0.4 is 19.7 Å². The number of amides is 1. The normalized spacial score (nSPS) is 17.6. The number of carbonyl (C=O) groups excluding carboxylic acids is 1. The van der Waals surface area contributed by atoms with Crippen LogP contribution in [0.25, 0.3) is 11.3 Å². The van der Waals surface area contributed by atoms with Crippen molar-refractivity contribution in [1.82, 2.24) is 20.3 Å². The molecular formula is C22H21N5O3. The van der Waals surface area contributed by atoms with Crippen molar-refractivity contribution in [3.63, 3.8) is 0 Å². The number of pyridine rings is 1. The molecule has 3 aromatic rings. The first-order chi connectivity index (χ1) is 14.8. The molecule has 5 rings (SSSR count). The summed E-state index contributed by atoms with van der Waals surface area (Å²) in [7, 11) is 0. The van der Waals surface area contributed by atoms with Gasteiger partial charge in [-0.2, -0.15) is 0 Å². The summed E-state index contributed by atoms with van der Waals surface area (Å²) in [6, 6.07) is 11.1. The molecule has 1 atom stereocenters. The molecule has 2 aliphatic heterocycles. The van der Waals surface area contributed by atoms with Gasteiger partial charge in [-0.1, -0.05) is 6.07 Å². The van der Waals surface area contributed by atoms with Crippen molar-refractivity contribution in [2.24, 2.45) is 0 Å². The first-order valence-electron chi connectivity index (χ1n) is 9.96. The molecule has 2 aromatic heterocycles. The molecule has 4 heterocycles. The Labute approximate surface area is 173 Å². The van der Waals surface area contributed by atoms with Crippen LogP contribution >= 0.6 is 0 Å². The number of aromatic nitrogens is 3. The number of fused-ring (bicyclic) bond motifs is 1. The van der Waals surface area contributed by atoms with E-state index in [1.54, 1.807) is 30.7 Å². The lowest BCUT2D eigenvalue weighted by molar-refractivity contribution is 0.0929. The van der Waals surface area contributed by atoms with Gasteiger partial charge in [0, 0.05) is 43.3 Å². The Hall–Kier alpha value is -3.68. The molecular weight excluding hydrogens is 382 g/mol. The van der Waals surface area contributed by atoms with Gasteiger partial charge in [0.2, 0.25) is 5.95 Å². The van der Waals surface area contributed by atoms with Crippen molar-refractivity contribution < 1.29 is 14.3 Å². The molecule has 1 unspecified atom stereocenters. The fourth-order valence-electron chi connectivity index (χ4n) is 3.75. The number of ether oxygens (including phenoxy) is 2. The smallest absolute Gasteiger partial charge is 0.255 e. The maximum absolute atomic E-state index is 12.9. The number of hydrogen-bond acceptors (Lipinski definition) is 7. The topological polar surface area (TPSA) is 89.5 Å². The Balaban J connectivity index is 1.27. The van der Waals surface area contributed by atoms with E-state index < -0.39 is 0 Å². The molecule has 1 fully saturated rings. The van der Waals surface area contributed by atoms with Crippen LogP contribution in [0, 0.1) is 0 Å². The van der Waals surface area contributed by atoms with E-state index in [1.165, 1.54) is 0 Å². The summed E-state index contributed by atoms with van der Waals surface area (Å²) in [5, 5.41) is 3.11. The highest BCUT2D eigenvalue weighted by Crippen LogP contribution is 2.33. The molecule has 8 nitrogen and oxygen atoms in total. The second-order valence-corrected chi connectivity index (χ2v) is 7.22. The SMILES string of the molecule is O=C(NC1CCN(c2nccc(-c3cccnc3)n2)C1)c1cccc2c1OCCO2. The van der Waals surface area contributed by atoms with E-state index in [4.69, 9.17) is 9.47 Å². The molecule has 2 aliphatic rings. The third-order valence-electron chi connectivity index (χ3n) is 5.22. The molecule has 1 N–H and O–H groups in total. The zero-order chi connectivity index (χ0) is 20.3. The number of rotatable bonds is 4. The first kappa shape index (κ1) is 18.4. The van der Waals surface area contributed by atoms with Crippen LogP contribution in [-0.2, 0) is 0 Å². The summed E-state index contributed by atoms with van der Waals surface area (Å²) >= 11 is 0. The fraction of sp³-hybridized carbons (Fsp3) is 0.273. The summed E-state index contributed by atoms with van der Waals surface area (Å²) in [5.74, 6) is 1.63. The van der Waals surface area contributed by atoms with E-state index in [0.29, 0.717) is 42.8 Å². The number of benzene rings is 1. The fourth-order valence-corrected chi connectivity index (χ4v) is 3.75. The third kappa shape index (κ3) is 3.63. The number of carbonyl (C=O) groups is 1. The van der Waals surface area contributed by atoms with Crippen molar-refractivity contribution in [2.75, 3.05) is 31.2 Å². The van der Waals surface area contributed by atoms with Crippen molar-refractivity contribution in [3.8, 4) is 22.8 Å². The first-order valence-corrected chi connectivity index (χ1v) is 9.96. The zero-order valence-electron chi connectivity index (χ0n) is 16.3. The van der Waals surface area contributed by atoms with Crippen molar-refractivity contribution in [3.05, 3.63) is 60.6 Å². The van der Waals surface area contributed by atoms with Gasteiger partial charge in [0.15, 0.2) is 11.5 Å². The molecule has 0 bridgehead atoms. The number of nitrogens with zero attached hydrogens (tertiary/aromatic N) is 4. The minimum Gasteiger partial charge on any atom is -0.486 e. The van der Waals surface area contributed by atoms with Gasteiger partial charge < -0.3 is 19.7 Å². The van der Waals surface area contributed by atoms with Gasteiger partial charge in [-0.05, 0) is 36.8 Å². The van der Waals surface area contributed by atoms with Crippen LogP contribution in [-0.4, -0.2) is 53.2 Å². The molecule has 0 aliphatic carbocycles. The van der Waals surface area contributed by atoms with Crippen LogP contribution in [0.2, 0.25) is 0 Å². The van der Waals surface area contributed by atoms with E-state index in [9.17, 15) is 4.79 Å². The maximum atomic E-state index is 12.9. The molecule has 0 saturated carbocycles. The number of hydrogen-bond donors (Lipinski definition) is 1. The number of para-hydroxylation sites is 1. The lowest BCUT2D eigenvalue weighted by Crippen LogP contribution is -2.37. The van der Waals surface area contributed by atoms with Crippen molar-refractivity contribution in [2.45, 2.75) is 12.5 Å². The Bertz CT molecular complexity index is 1060. The predicted molar refractivity (Wildman–Crippen MR) is 111 cm³/mol. The summed E-state index contributed by atoms with van der Waals surface area (Å²) in [4.78, 5) is 28.2. The van der Waals surface area contributed by atoms with Gasteiger partial charge in [0.25, 0.3) is 5.91 Å². The lowest BCUT2D eigenvalue weighted by atomic mass is 10.1. The summed E-state index contributed by atoms with van der Waals surface area (Å²) in [6.07, 6.45) is 6.09. The standard InChI is InChI=1S/C22H21N5O3/c28-21(17-4-1-5-19-20(17)30-12-11-29-19)25-16-7-10-27(14-16)22-24-9-6-18(26-22)15-3-2-8-23-13-15/h1-6,8-9,13,16H,7,10-12,14H2,(H,25,28). The van der Waals surface area contributed by atoms with Crippen molar-refractivity contribution >= 4 is 11.9 Å². The van der Waals surface area contributed by atoms with E-state index in [2.05, 4.69) is 25.2 Å². The van der Waals surface area contributed by atoms with E-state index in [-0.39, 0.29) is 11.9 Å². The second-order valence-electron chi connectivity index (χ2n) is 7.22. The predicted octanol–water partition coefficient (Wildman–Crippen LogP) is 2.32. The van der Waals surface area contributed by atoms with Crippen LogP contribution in [0.15, 0.2) is 55.0 Å². The molecule has 1 saturated heterocycles. The molecule has 8 heteroatoms. The van der Waals surface area contributed by atoms with E-state index >= 15 is 0 Å². The van der Waals surface area contributed by atoms with Crippen LogP contribution in [0.5, 0.6) is 11.5 Å². The van der Waals surface area contributed by atoms with Crippen LogP contribution in [0.3, 0.4) is 0 Å². The molecule has 0 radical (unpaired) electrons. The quantitative estimate of drug-likeness (QED) is 0.715. The molecule has 152 valence electrons. The highest BCUT2D eigenvalue weighted by molar-refractivity contribution is 5.98. The zero-order valence-corrected chi connectivity index (χ0v) is 16.3. The van der Waals surface area contributed by atoms with E-state index in [1.807, 2.05) is 24.3 Å². The largest absolute Gasteiger partial charge is 0.486 e.